The molecular formula is C16H32N2. The minimum absolute atomic E-state index is 0.712. The standard InChI is InChI=1S/C16H32N2/c1-4-7-15(17-6-3)16(5-2)18(14-10-11-14)12-13-8-9-13/h13-17H,4-12H2,1-3H3. The van der Waals surface area contributed by atoms with Gasteiger partial charge in [-0.1, -0.05) is 27.2 Å². The average Bonchev–Trinajstić information content (AvgIpc) is 3.23. The van der Waals surface area contributed by atoms with Crippen molar-refractivity contribution >= 4 is 0 Å². The summed E-state index contributed by atoms with van der Waals surface area (Å²) in [6.07, 6.45) is 9.82. The largest absolute Gasteiger partial charge is 0.313 e. The maximum Gasteiger partial charge on any atom is 0.0249 e. The maximum atomic E-state index is 3.75. The lowest BCUT2D eigenvalue weighted by molar-refractivity contribution is 0.132. The van der Waals surface area contributed by atoms with Crippen LogP contribution >= 0.6 is 0 Å². The molecule has 2 nitrogen and oxygen atoms in total. The summed E-state index contributed by atoms with van der Waals surface area (Å²) in [6, 6.07) is 2.41. The molecule has 0 spiro atoms. The highest BCUT2D eigenvalue weighted by Gasteiger charge is 2.39. The van der Waals surface area contributed by atoms with E-state index in [1.807, 2.05) is 0 Å². The summed E-state index contributed by atoms with van der Waals surface area (Å²) in [5.74, 6) is 1.03. The highest BCUT2D eigenvalue weighted by molar-refractivity contribution is 4.95. The van der Waals surface area contributed by atoms with Crippen molar-refractivity contribution in [2.24, 2.45) is 5.92 Å². The third-order valence-corrected chi connectivity index (χ3v) is 4.56. The van der Waals surface area contributed by atoms with Gasteiger partial charge < -0.3 is 5.32 Å². The molecule has 2 aliphatic rings. The normalized spacial score (nSPS) is 23.3. The van der Waals surface area contributed by atoms with Gasteiger partial charge in [-0.2, -0.15) is 0 Å². The van der Waals surface area contributed by atoms with Crippen LogP contribution in [0.3, 0.4) is 0 Å². The molecule has 0 bridgehead atoms. The molecule has 2 atom stereocenters. The molecule has 2 heteroatoms. The van der Waals surface area contributed by atoms with Crippen LogP contribution < -0.4 is 5.32 Å². The van der Waals surface area contributed by atoms with Crippen LogP contribution in [0.1, 0.15) is 65.7 Å². The number of likely N-dealkylation sites (N-methyl/N-ethyl adjacent to an activating group) is 1. The van der Waals surface area contributed by atoms with Crippen molar-refractivity contribution in [1.29, 1.82) is 0 Å². The first-order chi connectivity index (χ1) is 8.80. The zero-order valence-electron chi connectivity index (χ0n) is 12.6. The van der Waals surface area contributed by atoms with E-state index in [0.717, 1.165) is 24.5 Å². The third kappa shape index (κ3) is 3.96. The van der Waals surface area contributed by atoms with Crippen LogP contribution in [0.4, 0.5) is 0 Å². The van der Waals surface area contributed by atoms with Gasteiger partial charge in [0.1, 0.15) is 0 Å². The fraction of sp³-hybridized carbons (Fsp3) is 1.00. The fourth-order valence-corrected chi connectivity index (χ4v) is 3.31. The van der Waals surface area contributed by atoms with Crippen LogP contribution in [0.5, 0.6) is 0 Å². The number of hydrogen-bond acceptors (Lipinski definition) is 2. The molecule has 2 fully saturated rings. The highest BCUT2D eigenvalue weighted by atomic mass is 15.2. The predicted molar refractivity (Wildman–Crippen MR) is 78.9 cm³/mol. The lowest BCUT2D eigenvalue weighted by atomic mass is 9.98. The Bertz CT molecular complexity index is 227. The summed E-state index contributed by atoms with van der Waals surface area (Å²) in [5.41, 5.74) is 0. The Hall–Kier alpha value is -0.0800. The smallest absolute Gasteiger partial charge is 0.0249 e. The SMILES string of the molecule is CCCC(NCC)C(CC)N(CC1CC1)C1CC1. The Morgan fingerprint density at radius 1 is 1.11 bits per heavy atom. The van der Waals surface area contributed by atoms with Crippen LogP contribution in [0.25, 0.3) is 0 Å². The van der Waals surface area contributed by atoms with Crippen molar-refractivity contribution in [3.8, 4) is 0 Å². The Labute approximate surface area is 114 Å². The number of nitrogens with zero attached hydrogens (tertiary/aromatic N) is 1. The van der Waals surface area contributed by atoms with Crippen molar-refractivity contribution in [3.05, 3.63) is 0 Å². The molecule has 0 amide bonds. The topological polar surface area (TPSA) is 15.3 Å². The molecule has 2 rings (SSSR count). The monoisotopic (exact) mass is 252 g/mol. The molecule has 0 heterocycles. The Morgan fingerprint density at radius 3 is 2.28 bits per heavy atom. The van der Waals surface area contributed by atoms with Crippen molar-refractivity contribution in [3.63, 3.8) is 0 Å². The minimum atomic E-state index is 0.712. The van der Waals surface area contributed by atoms with Gasteiger partial charge in [-0.3, -0.25) is 4.90 Å². The van der Waals surface area contributed by atoms with E-state index in [4.69, 9.17) is 0 Å². The number of rotatable bonds is 10. The van der Waals surface area contributed by atoms with Crippen LogP contribution in [0, 0.1) is 5.92 Å². The molecule has 106 valence electrons. The van der Waals surface area contributed by atoms with E-state index in [2.05, 4.69) is 31.0 Å². The molecule has 2 unspecified atom stereocenters. The van der Waals surface area contributed by atoms with Crippen LogP contribution in [0.15, 0.2) is 0 Å². The van der Waals surface area contributed by atoms with Crippen molar-refractivity contribution in [2.75, 3.05) is 13.1 Å². The fourth-order valence-electron chi connectivity index (χ4n) is 3.31. The first-order valence-corrected chi connectivity index (χ1v) is 8.29. The van der Waals surface area contributed by atoms with Crippen molar-refractivity contribution < 1.29 is 0 Å². The zero-order chi connectivity index (χ0) is 13.0. The van der Waals surface area contributed by atoms with Crippen LogP contribution in [0.2, 0.25) is 0 Å². The number of nitrogens with one attached hydrogen (secondary N) is 1. The van der Waals surface area contributed by atoms with Crippen LogP contribution in [-0.4, -0.2) is 36.1 Å². The van der Waals surface area contributed by atoms with Gasteiger partial charge in [0.2, 0.25) is 0 Å². The van der Waals surface area contributed by atoms with Gasteiger partial charge in [0.25, 0.3) is 0 Å². The van der Waals surface area contributed by atoms with Crippen LogP contribution in [-0.2, 0) is 0 Å². The molecule has 2 saturated carbocycles. The average molecular weight is 252 g/mol. The molecule has 0 aromatic carbocycles. The first kappa shape index (κ1) is 14.3. The molecule has 1 N–H and O–H groups in total. The Kier molecular flexibility index (Phi) is 5.50. The summed E-state index contributed by atoms with van der Waals surface area (Å²) in [5, 5.41) is 3.75. The van der Waals surface area contributed by atoms with Gasteiger partial charge in [-0.25, -0.2) is 0 Å². The number of hydrogen-bond donors (Lipinski definition) is 1. The van der Waals surface area contributed by atoms with Gasteiger partial charge in [0, 0.05) is 24.7 Å². The van der Waals surface area contributed by atoms with Crippen molar-refractivity contribution in [1.82, 2.24) is 10.2 Å². The first-order valence-electron chi connectivity index (χ1n) is 8.29. The Morgan fingerprint density at radius 2 is 1.83 bits per heavy atom. The molecule has 0 aliphatic heterocycles. The molecule has 18 heavy (non-hydrogen) atoms. The lowest BCUT2D eigenvalue weighted by Gasteiger charge is -2.37. The van der Waals surface area contributed by atoms with Gasteiger partial charge >= 0.3 is 0 Å². The molecule has 0 aromatic heterocycles. The zero-order valence-corrected chi connectivity index (χ0v) is 12.6. The van der Waals surface area contributed by atoms with E-state index in [-0.39, 0.29) is 0 Å². The quantitative estimate of drug-likeness (QED) is 0.641. The summed E-state index contributed by atoms with van der Waals surface area (Å²) in [6.45, 7) is 9.45. The second-order valence-electron chi connectivity index (χ2n) is 6.30. The summed E-state index contributed by atoms with van der Waals surface area (Å²) >= 11 is 0. The second-order valence-corrected chi connectivity index (χ2v) is 6.30. The molecule has 0 saturated heterocycles. The molecule has 2 aliphatic carbocycles. The summed E-state index contributed by atoms with van der Waals surface area (Å²) in [7, 11) is 0. The van der Waals surface area contributed by atoms with Gasteiger partial charge in [0.05, 0.1) is 0 Å². The Balaban J connectivity index is 1.96. The molecular weight excluding hydrogens is 220 g/mol. The van der Waals surface area contributed by atoms with E-state index in [0.29, 0.717) is 6.04 Å². The summed E-state index contributed by atoms with van der Waals surface area (Å²) in [4.78, 5) is 2.88. The highest BCUT2D eigenvalue weighted by Crippen LogP contribution is 2.37. The van der Waals surface area contributed by atoms with E-state index in [9.17, 15) is 0 Å². The van der Waals surface area contributed by atoms with E-state index < -0.39 is 0 Å². The lowest BCUT2D eigenvalue weighted by Crippen LogP contribution is -2.51. The maximum absolute atomic E-state index is 3.75. The second kappa shape index (κ2) is 6.91. The molecule has 0 radical (unpaired) electrons. The van der Waals surface area contributed by atoms with Gasteiger partial charge in [-0.05, 0) is 51.0 Å². The molecule has 0 aromatic rings. The van der Waals surface area contributed by atoms with E-state index >= 15 is 0 Å². The summed E-state index contributed by atoms with van der Waals surface area (Å²) < 4.78 is 0. The van der Waals surface area contributed by atoms with E-state index in [1.165, 1.54) is 51.5 Å². The van der Waals surface area contributed by atoms with Crippen molar-refractivity contribution in [2.45, 2.75) is 83.8 Å². The predicted octanol–water partition coefficient (Wildman–Crippen LogP) is 3.42. The van der Waals surface area contributed by atoms with Gasteiger partial charge in [-0.15, -0.1) is 0 Å². The van der Waals surface area contributed by atoms with Gasteiger partial charge in [0.15, 0.2) is 0 Å². The van der Waals surface area contributed by atoms with E-state index in [1.54, 1.807) is 0 Å². The third-order valence-electron chi connectivity index (χ3n) is 4.56. The minimum Gasteiger partial charge on any atom is -0.313 e.